The van der Waals surface area contributed by atoms with Crippen molar-refractivity contribution in [2.24, 2.45) is 5.92 Å². The molecule has 140 valence electrons. The molecule has 4 heteroatoms. The highest BCUT2D eigenvalue weighted by Gasteiger charge is 2.39. The monoisotopic (exact) mass is 355 g/mol. The van der Waals surface area contributed by atoms with Crippen LogP contribution in [0.25, 0.3) is 0 Å². The standard InChI is InChI=1S/C22H31N2O2/c1-17(2)21(22(25)23(3)19-10-8-7-9-11-19)24(4,5)16-18-12-14-20(26-6)15-13-18/h7-15,17,21H,16H2,1-6H3/q+1. The molecule has 0 aliphatic rings. The van der Waals surface area contributed by atoms with Crippen LogP contribution in [0.1, 0.15) is 19.4 Å². The van der Waals surface area contributed by atoms with Crippen LogP contribution < -0.4 is 9.64 Å². The maximum Gasteiger partial charge on any atom is 0.285 e. The number of hydrogen-bond donors (Lipinski definition) is 0. The SMILES string of the molecule is COc1ccc(C[N+](C)(C)C(C(=O)N(C)c2ccccc2)C(C)C)cc1. The number of rotatable bonds is 7. The third-order valence-corrected chi connectivity index (χ3v) is 4.86. The minimum atomic E-state index is -0.137. The second kappa shape index (κ2) is 8.37. The lowest BCUT2D eigenvalue weighted by atomic mass is 9.98. The second-order valence-electron chi connectivity index (χ2n) is 7.71. The van der Waals surface area contributed by atoms with E-state index in [9.17, 15) is 4.79 Å². The third kappa shape index (κ3) is 4.64. The van der Waals surface area contributed by atoms with Crippen molar-refractivity contribution < 1.29 is 14.0 Å². The molecule has 0 spiro atoms. The van der Waals surface area contributed by atoms with Gasteiger partial charge in [-0.25, -0.2) is 0 Å². The molecule has 0 fully saturated rings. The van der Waals surface area contributed by atoms with Gasteiger partial charge in [0.2, 0.25) is 0 Å². The fraction of sp³-hybridized carbons (Fsp3) is 0.409. The summed E-state index contributed by atoms with van der Waals surface area (Å²) in [6.45, 7) is 5.02. The molecule has 0 heterocycles. The minimum Gasteiger partial charge on any atom is -0.497 e. The highest BCUT2D eigenvalue weighted by Crippen LogP contribution is 2.25. The molecule has 1 atom stereocenters. The minimum absolute atomic E-state index is 0.137. The smallest absolute Gasteiger partial charge is 0.285 e. The predicted molar refractivity (Wildman–Crippen MR) is 107 cm³/mol. The summed E-state index contributed by atoms with van der Waals surface area (Å²) in [5, 5.41) is 0. The number of carbonyl (C=O) groups is 1. The Bertz CT molecular complexity index is 709. The van der Waals surface area contributed by atoms with E-state index >= 15 is 0 Å². The Morgan fingerprint density at radius 1 is 1.04 bits per heavy atom. The van der Waals surface area contributed by atoms with Crippen molar-refractivity contribution in [3.05, 3.63) is 60.2 Å². The fourth-order valence-corrected chi connectivity index (χ4v) is 3.67. The van der Waals surface area contributed by atoms with Crippen molar-refractivity contribution in [3.8, 4) is 5.75 Å². The molecule has 1 unspecified atom stereocenters. The molecule has 0 saturated carbocycles. The number of para-hydroxylation sites is 1. The summed E-state index contributed by atoms with van der Waals surface area (Å²) in [7, 11) is 7.79. The average Bonchev–Trinajstić information content (AvgIpc) is 2.61. The van der Waals surface area contributed by atoms with Gasteiger partial charge in [0, 0.05) is 24.2 Å². The molecule has 2 aromatic rings. The second-order valence-corrected chi connectivity index (χ2v) is 7.71. The lowest BCUT2D eigenvalue weighted by Crippen LogP contribution is -2.58. The summed E-state index contributed by atoms with van der Waals surface area (Å²) < 4.78 is 5.83. The molecule has 0 aromatic heterocycles. The van der Waals surface area contributed by atoms with Gasteiger partial charge in [0.05, 0.1) is 21.2 Å². The van der Waals surface area contributed by atoms with E-state index in [4.69, 9.17) is 4.74 Å². The summed E-state index contributed by atoms with van der Waals surface area (Å²) in [5.41, 5.74) is 2.12. The van der Waals surface area contributed by atoms with Crippen molar-refractivity contribution in [3.63, 3.8) is 0 Å². The zero-order chi connectivity index (χ0) is 19.3. The number of nitrogens with zero attached hydrogens (tertiary/aromatic N) is 2. The van der Waals surface area contributed by atoms with Crippen LogP contribution in [0.4, 0.5) is 5.69 Å². The van der Waals surface area contributed by atoms with Crippen LogP contribution in [0.15, 0.2) is 54.6 Å². The number of hydrogen-bond acceptors (Lipinski definition) is 2. The molecule has 1 amide bonds. The molecule has 2 aromatic carbocycles. The van der Waals surface area contributed by atoms with E-state index in [1.807, 2.05) is 49.5 Å². The molecular formula is C22H31N2O2+. The maximum absolute atomic E-state index is 13.3. The van der Waals surface area contributed by atoms with Gasteiger partial charge in [0.15, 0.2) is 6.04 Å². The van der Waals surface area contributed by atoms with E-state index in [0.29, 0.717) is 4.48 Å². The zero-order valence-electron chi connectivity index (χ0n) is 16.8. The van der Waals surface area contributed by atoms with E-state index in [2.05, 4.69) is 40.1 Å². The van der Waals surface area contributed by atoms with E-state index < -0.39 is 0 Å². The van der Waals surface area contributed by atoms with Crippen LogP contribution >= 0.6 is 0 Å². The number of carbonyl (C=O) groups excluding carboxylic acids is 1. The average molecular weight is 356 g/mol. The number of benzene rings is 2. The van der Waals surface area contributed by atoms with Gasteiger partial charge in [0.25, 0.3) is 5.91 Å². The molecule has 0 N–H and O–H groups in total. The van der Waals surface area contributed by atoms with Gasteiger partial charge in [-0.1, -0.05) is 32.0 Å². The molecule has 0 saturated heterocycles. The van der Waals surface area contributed by atoms with E-state index in [1.165, 1.54) is 5.56 Å². The van der Waals surface area contributed by atoms with Gasteiger partial charge >= 0.3 is 0 Å². The summed E-state index contributed by atoms with van der Waals surface area (Å²) in [5.74, 6) is 1.21. The Morgan fingerprint density at radius 2 is 1.62 bits per heavy atom. The fourth-order valence-electron chi connectivity index (χ4n) is 3.67. The first kappa shape index (κ1) is 20.0. The van der Waals surface area contributed by atoms with Crippen molar-refractivity contribution >= 4 is 11.6 Å². The Hall–Kier alpha value is -2.33. The van der Waals surface area contributed by atoms with E-state index in [-0.39, 0.29) is 17.9 Å². The van der Waals surface area contributed by atoms with Crippen molar-refractivity contribution in [2.75, 3.05) is 33.2 Å². The number of ether oxygens (including phenoxy) is 1. The Morgan fingerprint density at radius 3 is 2.12 bits per heavy atom. The summed E-state index contributed by atoms with van der Waals surface area (Å²) in [6, 6.07) is 17.8. The summed E-state index contributed by atoms with van der Waals surface area (Å²) >= 11 is 0. The quantitative estimate of drug-likeness (QED) is 0.704. The van der Waals surface area contributed by atoms with Crippen LogP contribution in [0.5, 0.6) is 5.75 Å². The van der Waals surface area contributed by atoms with Crippen LogP contribution in [0.2, 0.25) is 0 Å². The highest BCUT2D eigenvalue weighted by molar-refractivity contribution is 5.96. The van der Waals surface area contributed by atoms with E-state index in [0.717, 1.165) is 18.0 Å². The molecule has 26 heavy (non-hydrogen) atoms. The van der Waals surface area contributed by atoms with Gasteiger partial charge in [0.1, 0.15) is 12.3 Å². The predicted octanol–water partition coefficient (Wildman–Crippen LogP) is 3.96. The van der Waals surface area contributed by atoms with Crippen LogP contribution in [0.3, 0.4) is 0 Å². The molecule has 2 rings (SSSR count). The first-order valence-corrected chi connectivity index (χ1v) is 9.04. The molecular weight excluding hydrogens is 324 g/mol. The number of amides is 1. The van der Waals surface area contributed by atoms with Crippen molar-refractivity contribution in [2.45, 2.75) is 26.4 Å². The molecule has 4 nitrogen and oxygen atoms in total. The normalized spacial score (nSPS) is 12.7. The lowest BCUT2D eigenvalue weighted by Gasteiger charge is -2.41. The van der Waals surface area contributed by atoms with Crippen LogP contribution in [-0.2, 0) is 11.3 Å². The topological polar surface area (TPSA) is 29.5 Å². The first-order valence-electron chi connectivity index (χ1n) is 9.04. The zero-order valence-corrected chi connectivity index (χ0v) is 16.8. The Labute approximate surface area is 157 Å². The first-order chi connectivity index (χ1) is 12.3. The number of quaternary nitrogens is 1. The number of anilines is 1. The van der Waals surface area contributed by atoms with Gasteiger partial charge < -0.3 is 14.1 Å². The molecule has 0 aliphatic heterocycles. The van der Waals surface area contributed by atoms with Gasteiger partial charge in [-0.15, -0.1) is 0 Å². The third-order valence-electron chi connectivity index (χ3n) is 4.86. The molecule has 0 aliphatic carbocycles. The Kier molecular flexibility index (Phi) is 6.43. The van der Waals surface area contributed by atoms with Crippen molar-refractivity contribution in [1.29, 1.82) is 0 Å². The van der Waals surface area contributed by atoms with Crippen molar-refractivity contribution in [1.82, 2.24) is 0 Å². The van der Waals surface area contributed by atoms with Crippen LogP contribution in [-0.4, -0.2) is 44.7 Å². The van der Waals surface area contributed by atoms with Gasteiger partial charge in [-0.3, -0.25) is 4.79 Å². The number of methoxy groups -OCH3 is 1. The van der Waals surface area contributed by atoms with Crippen LogP contribution in [0, 0.1) is 5.92 Å². The van der Waals surface area contributed by atoms with Gasteiger partial charge in [-0.2, -0.15) is 0 Å². The maximum atomic E-state index is 13.3. The Balaban J connectivity index is 2.24. The molecule has 0 bridgehead atoms. The van der Waals surface area contributed by atoms with E-state index in [1.54, 1.807) is 12.0 Å². The summed E-state index contributed by atoms with van der Waals surface area (Å²) in [6.07, 6.45) is 0. The number of likely N-dealkylation sites (N-methyl/N-ethyl adjacent to an activating group) is 2. The lowest BCUT2D eigenvalue weighted by molar-refractivity contribution is -0.922. The largest absolute Gasteiger partial charge is 0.497 e. The molecule has 0 radical (unpaired) electrons. The van der Waals surface area contributed by atoms with Gasteiger partial charge in [-0.05, 0) is 36.4 Å². The summed E-state index contributed by atoms with van der Waals surface area (Å²) in [4.78, 5) is 15.1. The highest BCUT2D eigenvalue weighted by atomic mass is 16.5.